The third-order valence-electron chi connectivity index (χ3n) is 3.60. The predicted octanol–water partition coefficient (Wildman–Crippen LogP) is 3.20. The average Bonchev–Trinajstić information content (AvgIpc) is 2.55. The van der Waals surface area contributed by atoms with E-state index in [1.807, 2.05) is 0 Å². The summed E-state index contributed by atoms with van der Waals surface area (Å²) < 4.78 is 56.1. The van der Waals surface area contributed by atoms with E-state index in [0.717, 1.165) is 12.1 Å². The summed E-state index contributed by atoms with van der Waals surface area (Å²) in [7, 11) is -3.41. The van der Waals surface area contributed by atoms with Gasteiger partial charge in [-0.05, 0) is 36.2 Å². The van der Waals surface area contributed by atoms with Crippen LogP contribution in [0.2, 0.25) is 0 Å². The summed E-state index contributed by atoms with van der Waals surface area (Å²) in [6.07, 6.45) is 0. The maximum Gasteiger partial charge on any atom is 0.341 e. The molecule has 0 aliphatic carbocycles. The third-order valence-corrected chi connectivity index (χ3v) is 5.33. The zero-order valence-electron chi connectivity index (χ0n) is 13.5. The van der Waals surface area contributed by atoms with Crippen LogP contribution < -0.4 is 4.74 Å². The van der Waals surface area contributed by atoms with Crippen molar-refractivity contribution in [3.63, 3.8) is 0 Å². The molecule has 0 amide bonds. The van der Waals surface area contributed by atoms with Gasteiger partial charge in [0.2, 0.25) is 0 Å². The first kappa shape index (κ1) is 18.9. The van der Waals surface area contributed by atoms with Crippen molar-refractivity contribution in [2.75, 3.05) is 12.4 Å². The topological polar surface area (TPSA) is 80.7 Å². The number of sulfone groups is 1. The van der Waals surface area contributed by atoms with E-state index in [1.54, 1.807) is 6.92 Å². The van der Waals surface area contributed by atoms with E-state index in [9.17, 15) is 22.0 Å². The number of carboxylic acids is 1. The lowest BCUT2D eigenvalue weighted by Crippen LogP contribution is -2.10. The van der Waals surface area contributed by atoms with Gasteiger partial charge >= 0.3 is 5.97 Å². The van der Waals surface area contributed by atoms with Crippen molar-refractivity contribution >= 4 is 15.8 Å². The van der Waals surface area contributed by atoms with Crippen molar-refractivity contribution < 1.29 is 31.8 Å². The molecule has 0 bridgehead atoms. The van der Waals surface area contributed by atoms with Crippen molar-refractivity contribution in [2.45, 2.75) is 18.7 Å². The molecule has 0 spiro atoms. The molecule has 134 valence electrons. The van der Waals surface area contributed by atoms with Gasteiger partial charge in [0.05, 0.1) is 10.6 Å². The Hall–Kier alpha value is -2.48. The Morgan fingerprint density at radius 2 is 1.76 bits per heavy atom. The molecule has 2 aromatic carbocycles. The lowest BCUT2D eigenvalue weighted by molar-refractivity contribution is -0.139. The number of aliphatic carboxylic acids is 1. The maximum atomic E-state index is 13.7. The number of ether oxygens (including phenoxy) is 1. The lowest BCUT2D eigenvalue weighted by atomic mass is 9.99. The van der Waals surface area contributed by atoms with Gasteiger partial charge < -0.3 is 9.84 Å². The molecule has 0 aromatic heterocycles. The zero-order chi connectivity index (χ0) is 18.8. The minimum atomic E-state index is -3.41. The van der Waals surface area contributed by atoms with Gasteiger partial charge in [-0.3, -0.25) is 0 Å². The van der Waals surface area contributed by atoms with E-state index in [4.69, 9.17) is 9.84 Å². The number of aryl methyl sites for hydroxylation is 1. The summed E-state index contributed by atoms with van der Waals surface area (Å²) in [4.78, 5) is 10.8. The molecule has 2 aromatic rings. The van der Waals surface area contributed by atoms with Crippen molar-refractivity contribution in [1.29, 1.82) is 0 Å². The lowest BCUT2D eigenvalue weighted by Gasteiger charge is -2.14. The molecule has 8 heteroatoms. The molecule has 0 saturated heterocycles. The fourth-order valence-electron chi connectivity index (χ4n) is 2.30. The molecule has 25 heavy (non-hydrogen) atoms. The first-order valence-electron chi connectivity index (χ1n) is 7.33. The summed E-state index contributed by atoms with van der Waals surface area (Å²) in [5, 5.41) is 8.71. The number of rotatable bonds is 6. The number of hydrogen-bond acceptors (Lipinski definition) is 4. The average molecular weight is 370 g/mol. The fourth-order valence-corrected chi connectivity index (χ4v) is 3.26. The van der Waals surface area contributed by atoms with Crippen LogP contribution in [-0.4, -0.2) is 31.9 Å². The summed E-state index contributed by atoms with van der Waals surface area (Å²) in [6, 6.07) is 5.91. The third kappa shape index (κ3) is 4.14. The minimum absolute atomic E-state index is 0.0655. The number of benzene rings is 2. The molecule has 0 heterocycles. The number of hydrogen-bond donors (Lipinski definition) is 1. The van der Waals surface area contributed by atoms with Gasteiger partial charge in [0, 0.05) is 11.6 Å². The summed E-state index contributed by atoms with van der Waals surface area (Å²) in [5.74, 6) is -3.77. The highest BCUT2D eigenvalue weighted by molar-refractivity contribution is 7.91. The van der Waals surface area contributed by atoms with Crippen molar-refractivity contribution in [2.24, 2.45) is 0 Å². The molecule has 0 saturated carbocycles. The first-order valence-corrected chi connectivity index (χ1v) is 8.98. The summed E-state index contributed by atoms with van der Waals surface area (Å²) in [5.41, 5.74) is 1.05. The van der Waals surface area contributed by atoms with Gasteiger partial charge in [-0.1, -0.05) is 13.0 Å². The molecule has 2 rings (SSSR count). The van der Waals surface area contributed by atoms with Crippen LogP contribution in [0.3, 0.4) is 0 Å². The second kappa shape index (κ2) is 7.18. The largest absolute Gasteiger partial charge is 0.481 e. The van der Waals surface area contributed by atoms with Crippen LogP contribution in [0.15, 0.2) is 35.2 Å². The Bertz CT molecular complexity index is 923. The van der Waals surface area contributed by atoms with Crippen molar-refractivity contribution in [3.8, 4) is 16.9 Å². The van der Waals surface area contributed by atoms with Crippen LogP contribution in [0.1, 0.15) is 12.5 Å². The van der Waals surface area contributed by atoms with E-state index in [1.165, 1.54) is 25.1 Å². The quantitative estimate of drug-likeness (QED) is 0.845. The predicted molar refractivity (Wildman–Crippen MR) is 87.4 cm³/mol. The van der Waals surface area contributed by atoms with Crippen LogP contribution in [-0.2, 0) is 14.6 Å². The van der Waals surface area contributed by atoms with Gasteiger partial charge in [-0.2, -0.15) is 0 Å². The van der Waals surface area contributed by atoms with E-state index < -0.39 is 34.0 Å². The second-order valence-electron chi connectivity index (χ2n) is 5.33. The molecule has 0 atom stereocenters. The molecule has 0 unspecified atom stereocenters. The van der Waals surface area contributed by atoms with Gasteiger partial charge in [-0.25, -0.2) is 22.0 Å². The van der Waals surface area contributed by atoms with Crippen LogP contribution in [0.4, 0.5) is 8.78 Å². The Morgan fingerprint density at radius 3 is 2.32 bits per heavy atom. The highest BCUT2D eigenvalue weighted by Gasteiger charge is 2.18. The molecule has 5 nitrogen and oxygen atoms in total. The molecule has 0 aliphatic heterocycles. The molecule has 0 fully saturated rings. The molecular weight excluding hydrogens is 354 g/mol. The number of carbonyl (C=O) groups is 1. The summed E-state index contributed by atoms with van der Waals surface area (Å²) in [6.45, 7) is 2.41. The van der Waals surface area contributed by atoms with Crippen LogP contribution in [0, 0.1) is 18.6 Å². The smallest absolute Gasteiger partial charge is 0.341 e. The number of halogens is 2. The molecule has 1 N–H and O–H groups in total. The van der Waals surface area contributed by atoms with Gasteiger partial charge in [0.1, 0.15) is 5.75 Å². The fraction of sp³-hybridized carbons (Fsp3) is 0.235. The van der Waals surface area contributed by atoms with Gasteiger partial charge in [0.15, 0.2) is 28.1 Å². The normalized spacial score (nSPS) is 11.4. The maximum absolute atomic E-state index is 13.7. The first-order chi connectivity index (χ1) is 11.7. The Labute approximate surface area is 143 Å². The molecule has 0 aliphatic rings. The van der Waals surface area contributed by atoms with E-state index >= 15 is 0 Å². The van der Waals surface area contributed by atoms with E-state index in [-0.39, 0.29) is 22.0 Å². The minimum Gasteiger partial charge on any atom is -0.481 e. The number of carboxylic acid groups (broad SMARTS) is 1. The van der Waals surface area contributed by atoms with Crippen molar-refractivity contribution in [3.05, 3.63) is 47.5 Å². The van der Waals surface area contributed by atoms with Gasteiger partial charge in [-0.15, -0.1) is 0 Å². The van der Waals surface area contributed by atoms with Crippen LogP contribution in [0.25, 0.3) is 11.1 Å². The van der Waals surface area contributed by atoms with Crippen LogP contribution in [0.5, 0.6) is 5.75 Å². The zero-order valence-corrected chi connectivity index (χ0v) is 14.4. The standard InChI is InChI=1S/C17H16F2O5S/c1-3-25(22,23)11-4-5-12(10(2)6-11)13-7-14(18)15(19)8-16(13)24-9-17(20)21/h4-8H,3,9H2,1-2H3,(H,20,21). The highest BCUT2D eigenvalue weighted by atomic mass is 32.2. The van der Waals surface area contributed by atoms with E-state index in [0.29, 0.717) is 11.1 Å². The second-order valence-corrected chi connectivity index (χ2v) is 7.60. The van der Waals surface area contributed by atoms with Gasteiger partial charge in [0.25, 0.3) is 0 Å². The van der Waals surface area contributed by atoms with Crippen molar-refractivity contribution in [1.82, 2.24) is 0 Å². The summed E-state index contributed by atoms with van der Waals surface area (Å²) >= 11 is 0. The Balaban J connectivity index is 2.57. The van der Waals surface area contributed by atoms with E-state index in [2.05, 4.69) is 0 Å². The Morgan fingerprint density at radius 1 is 1.12 bits per heavy atom. The molecule has 0 radical (unpaired) electrons. The SMILES string of the molecule is CCS(=O)(=O)c1ccc(-c2cc(F)c(F)cc2OCC(=O)O)c(C)c1. The highest BCUT2D eigenvalue weighted by Crippen LogP contribution is 2.35. The Kier molecular flexibility index (Phi) is 5.42. The van der Waals surface area contributed by atoms with Crippen LogP contribution >= 0.6 is 0 Å². The molecular formula is C17H16F2O5S. The monoisotopic (exact) mass is 370 g/mol.